The summed E-state index contributed by atoms with van der Waals surface area (Å²) in [5.41, 5.74) is 1.61. The van der Waals surface area contributed by atoms with E-state index in [1.807, 2.05) is 31.2 Å². The number of urea groups is 1. The molecule has 2 N–H and O–H groups in total. The van der Waals surface area contributed by atoms with Gasteiger partial charge in [-0.25, -0.2) is 9.59 Å². The van der Waals surface area contributed by atoms with E-state index in [1.54, 1.807) is 6.92 Å². The summed E-state index contributed by atoms with van der Waals surface area (Å²) in [6.07, 6.45) is 0.910. The number of hydrogen-bond acceptors (Lipinski definition) is 3. The van der Waals surface area contributed by atoms with Gasteiger partial charge in [0.2, 0.25) is 0 Å². The molecule has 0 fully saturated rings. The van der Waals surface area contributed by atoms with E-state index >= 15 is 0 Å². The number of rotatable bonds is 4. The molecule has 2 amide bonds. The van der Waals surface area contributed by atoms with Gasteiger partial charge in [0.05, 0.1) is 11.6 Å². The number of aryl methyl sites for hydroxylation is 1. The number of amides is 2. The standard InChI is InChI=1S/C18H22N4O3/c1-4-11-7-9-12(10-8-11)14-13-15(20-17(24)19-14)21(5-2)18(25)22(6-3)16(13)23/h7-10,14H,4-6H2,1-3H3,(H2,19,20,24). The molecule has 7 heteroatoms. The molecule has 1 atom stereocenters. The number of hydrogen-bond donors (Lipinski definition) is 2. The van der Waals surface area contributed by atoms with Crippen LogP contribution in [0.1, 0.15) is 43.5 Å². The monoisotopic (exact) mass is 342 g/mol. The molecule has 132 valence electrons. The molecular formula is C18H22N4O3. The number of fused-ring (bicyclic) bond motifs is 1. The summed E-state index contributed by atoms with van der Waals surface area (Å²) in [4.78, 5) is 37.5. The first kappa shape index (κ1) is 17.0. The Labute approximate surface area is 145 Å². The van der Waals surface area contributed by atoms with Crippen LogP contribution < -0.4 is 21.9 Å². The van der Waals surface area contributed by atoms with Crippen molar-refractivity contribution in [1.82, 2.24) is 14.5 Å². The normalized spacial score (nSPS) is 16.1. The summed E-state index contributed by atoms with van der Waals surface area (Å²) in [5.74, 6) is 0.288. The van der Waals surface area contributed by atoms with Gasteiger partial charge in [-0.1, -0.05) is 31.2 Å². The van der Waals surface area contributed by atoms with Crippen molar-refractivity contribution < 1.29 is 4.79 Å². The van der Waals surface area contributed by atoms with Gasteiger partial charge in [0.1, 0.15) is 5.82 Å². The maximum Gasteiger partial charge on any atom is 0.332 e. The van der Waals surface area contributed by atoms with Crippen molar-refractivity contribution in [2.45, 2.75) is 46.3 Å². The summed E-state index contributed by atoms with van der Waals surface area (Å²) in [7, 11) is 0. The van der Waals surface area contributed by atoms with Gasteiger partial charge in [-0.3, -0.25) is 19.2 Å². The van der Waals surface area contributed by atoms with Crippen molar-refractivity contribution in [3.63, 3.8) is 0 Å². The third-order valence-corrected chi connectivity index (χ3v) is 4.61. The van der Waals surface area contributed by atoms with Crippen molar-refractivity contribution in [3.05, 3.63) is 61.8 Å². The first-order valence-corrected chi connectivity index (χ1v) is 8.55. The van der Waals surface area contributed by atoms with Crippen molar-refractivity contribution in [3.8, 4) is 0 Å². The fourth-order valence-corrected chi connectivity index (χ4v) is 3.23. The second-order valence-corrected chi connectivity index (χ2v) is 5.97. The highest BCUT2D eigenvalue weighted by atomic mass is 16.2. The minimum absolute atomic E-state index is 0.278. The Morgan fingerprint density at radius 1 is 0.960 bits per heavy atom. The number of nitrogens with zero attached hydrogens (tertiary/aromatic N) is 2. The lowest BCUT2D eigenvalue weighted by Crippen LogP contribution is -2.50. The van der Waals surface area contributed by atoms with Gasteiger partial charge in [-0.15, -0.1) is 0 Å². The lowest BCUT2D eigenvalue weighted by molar-refractivity contribution is 0.248. The van der Waals surface area contributed by atoms with E-state index in [0.717, 1.165) is 12.0 Å². The van der Waals surface area contributed by atoms with Gasteiger partial charge in [-0.2, -0.15) is 0 Å². The average Bonchev–Trinajstić information content (AvgIpc) is 2.61. The van der Waals surface area contributed by atoms with E-state index in [-0.39, 0.29) is 17.9 Å². The van der Waals surface area contributed by atoms with Gasteiger partial charge in [0.15, 0.2) is 0 Å². The Morgan fingerprint density at radius 2 is 1.60 bits per heavy atom. The summed E-state index contributed by atoms with van der Waals surface area (Å²) >= 11 is 0. The van der Waals surface area contributed by atoms with Crippen LogP contribution in [0.25, 0.3) is 0 Å². The van der Waals surface area contributed by atoms with Crippen LogP contribution in [0, 0.1) is 0 Å². The highest BCUT2D eigenvalue weighted by molar-refractivity contribution is 5.92. The Bertz CT molecular complexity index is 925. The summed E-state index contributed by atoms with van der Waals surface area (Å²) in [5, 5.41) is 5.44. The van der Waals surface area contributed by atoms with Crippen molar-refractivity contribution >= 4 is 11.8 Å². The van der Waals surface area contributed by atoms with Crippen LogP contribution in [0.4, 0.5) is 10.6 Å². The first-order valence-electron chi connectivity index (χ1n) is 8.55. The zero-order valence-electron chi connectivity index (χ0n) is 14.6. The maximum absolute atomic E-state index is 12.9. The van der Waals surface area contributed by atoms with E-state index in [4.69, 9.17) is 0 Å². The molecule has 1 aliphatic heterocycles. The SMILES string of the molecule is CCc1ccc(C2NC(=O)Nc3c2c(=O)n(CC)c(=O)n3CC)cc1. The molecule has 0 radical (unpaired) electrons. The predicted octanol–water partition coefficient (Wildman–Crippen LogP) is 1.84. The smallest absolute Gasteiger partial charge is 0.327 e. The Morgan fingerprint density at radius 3 is 2.16 bits per heavy atom. The molecule has 2 heterocycles. The average molecular weight is 342 g/mol. The van der Waals surface area contributed by atoms with Gasteiger partial charge in [0.25, 0.3) is 5.56 Å². The van der Waals surface area contributed by atoms with Crippen LogP contribution in [0.2, 0.25) is 0 Å². The number of benzene rings is 1. The number of carbonyl (C=O) groups is 1. The van der Waals surface area contributed by atoms with Crippen LogP contribution >= 0.6 is 0 Å². The molecule has 0 spiro atoms. The fourth-order valence-electron chi connectivity index (χ4n) is 3.23. The van der Waals surface area contributed by atoms with Crippen LogP contribution in [-0.4, -0.2) is 15.2 Å². The summed E-state index contributed by atoms with van der Waals surface area (Å²) in [6.45, 7) is 6.28. The largest absolute Gasteiger partial charge is 0.332 e. The summed E-state index contributed by atoms with van der Waals surface area (Å²) < 4.78 is 2.64. The molecule has 25 heavy (non-hydrogen) atoms. The zero-order chi connectivity index (χ0) is 18.1. The molecule has 3 rings (SSSR count). The van der Waals surface area contributed by atoms with Crippen molar-refractivity contribution in [2.75, 3.05) is 5.32 Å². The molecule has 7 nitrogen and oxygen atoms in total. The van der Waals surface area contributed by atoms with Crippen molar-refractivity contribution in [1.29, 1.82) is 0 Å². The van der Waals surface area contributed by atoms with Gasteiger partial charge in [-0.05, 0) is 31.4 Å². The highest BCUT2D eigenvalue weighted by Crippen LogP contribution is 2.28. The molecule has 0 saturated heterocycles. The molecule has 1 aromatic carbocycles. The number of aromatic nitrogens is 2. The molecule has 0 saturated carbocycles. The molecule has 1 aromatic heterocycles. The third kappa shape index (κ3) is 2.75. The number of nitrogens with one attached hydrogen (secondary N) is 2. The molecular weight excluding hydrogens is 320 g/mol. The topological polar surface area (TPSA) is 85.1 Å². The van der Waals surface area contributed by atoms with E-state index in [9.17, 15) is 14.4 Å². The minimum atomic E-state index is -0.585. The second kappa shape index (κ2) is 6.58. The quantitative estimate of drug-likeness (QED) is 0.889. The molecule has 1 unspecified atom stereocenters. The molecule has 2 aromatic rings. The number of anilines is 1. The summed E-state index contributed by atoms with van der Waals surface area (Å²) in [6, 6.07) is 6.78. The lowest BCUT2D eigenvalue weighted by atomic mass is 9.97. The number of carbonyl (C=O) groups excluding carboxylic acids is 1. The Balaban J connectivity index is 2.27. The van der Waals surface area contributed by atoms with Crippen LogP contribution in [0.3, 0.4) is 0 Å². The Kier molecular flexibility index (Phi) is 4.48. The maximum atomic E-state index is 12.9. The Hall–Kier alpha value is -2.83. The third-order valence-electron chi connectivity index (χ3n) is 4.61. The van der Waals surface area contributed by atoms with E-state index in [0.29, 0.717) is 12.1 Å². The first-order chi connectivity index (χ1) is 12.0. The van der Waals surface area contributed by atoms with Gasteiger partial charge >= 0.3 is 11.7 Å². The highest BCUT2D eigenvalue weighted by Gasteiger charge is 2.32. The molecule has 0 bridgehead atoms. The fraction of sp³-hybridized carbons (Fsp3) is 0.389. The van der Waals surface area contributed by atoms with Crippen LogP contribution in [0.15, 0.2) is 33.9 Å². The van der Waals surface area contributed by atoms with Crippen LogP contribution in [0.5, 0.6) is 0 Å². The van der Waals surface area contributed by atoms with E-state index < -0.39 is 17.8 Å². The molecule has 1 aliphatic rings. The van der Waals surface area contributed by atoms with Gasteiger partial charge in [0, 0.05) is 13.1 Å². The van der Waals surface area contributed by atoms with Gasteiger partial charge < -0.3 is 5.32 Å². The lowest BCUT2D eigenvalue weighted by Gasteiger charge is -2.29. The molecule has 0 aliphatic carbocycles. The second-order valence-electron chi connectivity index (χ2n) is 5.97. The van der Waals surface area contributed by atoms with Crippen LogP contribution in [-0.2, 0) is 19.5 Å². The zero-order valence-corrected chi connectivity index (χ0v) is 14.6. The van der Waals surface area contributed by atoms with E-state index in [2.05, 4.69) is 17.6 Å². The van der Waals surface area contributed by atoms with Crippen molar-refractivity contribution in [2.24, 2.45) is 0 Å². The predicted molar refractivity (Wildman–Crippen MR) is 96.1 cm³/mol. The van der Waals surface area contributed by atoms with E-state index in [1.165, 1.54) is 14.7 Å². The minimum Gasteiger partial charge on any atom is -0.327 e.